The van der Waals surface area contributed by atoms with E-state index >= 15 is 0 Å². The Balaban J connectivity index is 1.44. The zero-order valence-corrected chi connectivity index (χ0v) is 18.5. The smallest absolute Gasteiger partial charge is 0.217 e. The SMILES string of the molecule is COc1ccc(OC)c([C@@H]2Oc3ccccc3[C@@H]3CC(c4ccc5c(c4)OCCO5)=NN32)c1. The number of methoxy groups -OCH3 is 2. The summed E-state index contributed by atoms with van der Waals surface area (Å²) in [4.78, 5) is 0. The van der Waals surface area contributed by atoms with Gasteiger partial charge in [0.25, 0.3) is 0 Å². The van der Waals surface area contributed by atoms with Crippen LogP contribution in [0.5, 0.6) is 28.7 Å². The summed E-state index contributed by atoms with van der Waals surface area (Å²) in [6.45, 7) is 1.12. The fraction of sp³-hybridized carbons (Fsp3) is 0.269. The predicted octanol–water partition coefficient (Wildman–Crippen LogP) is 4.72. The van der Waals surface area contributed by atoms with Crippen LogP contribution in [-0.4, -0.2) is 38.2 Å². The molecular weight excluding hydrogens is 420 g/mol. The minimum Gasteiger partial charge on any atom is -0.497 e. The Morgan fingerprint density at radius 2 is 1.70 bits per heavy atom. The molecule has 3 heterocycles. The van der Waals surface area contributed by atoms with Crippen LogP contribution in [0.25, 0.3) is 0 Å². The van der Waals surface area contributed by atoms with Crippen molar-refractivity contribution in [3.63, 3.8) is 0 Å². The first-order chi connectivity index (χ1) is 16.2. The van der Waals surface area contributed by atoms with E-state index in [1.54, 1.807) is 14.2 Å². The Bertz CT molecular complexity index is 1240. The highest BCUT2D eigenvalue weighted by molar-refractivity contribution is 6.02. The second-order valence-corrected chi connectivity index (χ2v) is 8.12. The normalized spacial score (nSPS) is 20.3. The molecule has 33 heavy (non-hydrogen) atoms. The van der Waals surface area contributed by atoms with Gasteiger partial charge in [-0.3, -0.25) is 0 Å². The Morgan fingerprint density at radius 3 is 2.55 bits per heavy atom. The lowest BCUT2D eigenvalue weighted by Gasteiger charge is -2.38. The molecule has 0 spiro atoms. The zero-order chi connectivity index (χ0) is 22.4. The lowest BCUT2D eigenvalue weighted by Crippen LogP contribution is -2.33. The molecule has 0 bridgehead atoms. The number of hydrazone groups is 1. The topological polar surface area (TPSA) is 61.8 Å². The monoisotopic (exact) mass is 444 g/mol. The van der Waals surface area contributed by atoms with E-state index in [1.807, 2.05) is 59.6 Å². The van der Waals surface area contributed by atoms with Crippen LogP contribution in [0.3, 0.4) is 0 Å². The predicted molar refractivity (Wildman–Crippen MR) is 123 cm³/mol. The molecule has 0 aliphatic carbocycles. The van der Waals surface area contributed by atoms with Gasteiger partial charge in [-0.25, -0.2) is 5.01 Å². The van der Waals surface area contributed by atoms with Gasteiger partial charge in [-0.1, -0.05) is 18.2 Å². The summed E-state index contributed by atoms with van der Waals surface area (Å²) >= 11 is 0. The van der Waals surface area contributed by atoms with Gasteiger partial charge in [0.15, 0.2) is 11.5 Å². The van der Waals surface area contributed by atoms with Gasteiger partial charge in [0.05, 0.1) is 31.5 Å². The molecule has 0 unspecified atom stereocenters. The largest absolute Gasteiger partial charge is 0.497 e. The average molecular weight is 444 g/mol. The molecule has 3 aromatic rings. The summed E-state index contributed by atoms with van der Waals surface area (Å²) in [6.07, 6.45) is 0.299. The fourth-order valence-corrected chi connectivity index (χ4v) is 4.67. The van der Waals surface area contributed by atoms with Gasteiger partial charge in [0.1, 0.15) is 30.5 Å². The van der Waals surface area contributed by atoms with E-state index in [1.165, 1.54) is 0 Å². The number of ether oxygens (including phenoxy) is 5. The van der Waals surface area contributed by atoms with Crippen molar-refractivity contribution in [2.24, 2.45) is 5.10 Å². The maximum Gasteiger partial charge on any atom is 0.217 e. The van der Waals surface area contributed by atoms with Gasteiger partial charge in [-0.2, -0.15) is 5.10 Å². The molecule has 0 aromatic heterocycles. The standard InChI is InChI=1S/C26H24N2O5/c1-29-17-8-10-22(30-2)19(14-17)26-28-21(18-5-3-4-6-23(18)33-26)15-20(27-28)16-7-9-24-25(13-16)32-12-11-31-24/h3-10,13-14,21,26H,11-12,15H2,1-2H3/t21-,26-/m0/s1. The van der Waals surface area contributed by atoms with E-state index in [-0.39, 0.29) is 6.04 Å². The molecule has 0 fully saturated rings. The molecule has 6 rings (SSSR count). The summed E-state index contributed by atoms with van der Waals surface area (Å²) in [6, 6.07) is 19.9. The van der Waals surface area contributed by atoms with Crippen LogP contribution < -0.4 is 23.7 Å². The van der Waals surface area contributed by atoms with Gasteiger partial charge in [-0.15, -0.1) is 0 Å². The molecule has 3 aliphatic rings. The minimum atomic E-state index is -0.454. The van der Waals surface area contributed by atoms with Gasteiger partial charge in [-0.05, 0) is 42.5 Å². The van der Waals surface area contributed by atoms with Crippen LogP contribution in [0.1, 0.15) is 35.4 Å². The molecule has 2 atom stereocenters. The summed E-state index contributed by atoms with van der Waals surface area (Å²) < 4.78 is 29.1. The van der Waals surface area contributed by atoms with Crippen molar-refractivity contribution in [1.82, 2.24) is 5.01 Å². The van der Waals surface area contributed by atoms with Gasteiger partial charge in [0.2, 0.25) is 6.23 Å². The van der Waals surface area contributed by atoms with Crippen molar-refractivity contribution in [3.05, 3.63) is 77.4 Å². The van der Waals surface area contributed by atoms with Crippen LogP contribution in [0.4, 0.5) is 0 Å². The van der Waals surface area contributed by atoms with E-state index < -0.39 is 6.23 Å². The molecule has 0 saturated carbocycles. The lowest BCUT2D eigenvalue weighted by molar-refractivity contribution is -0.0204. The van der Waals surface area contributed by atoms with Gasteiger partial charge < -0.3 is 23.7 Å². The van der Waals surface area contributed by atoms with Crippen molar-refractivity contribution in [2.45, 2.75) is 18.7 Å². The summed E-state index contributed by atoms with van der Waals surface area (Å²) in [7, 11) is 3.31. The van der Waals surface area contributed by atoms with Crippen LogP contribution in [0.2, 0.25) is 0 Å². The minimum absolute atomic E-state index is 0.0408. The van der Waals surface area contributed by atoms with Crippen LogP contribution >= 0.6 is 0 Å². The van der Waals surface area contributed by atoms with Crippen LogP contribution in [0.15, 0.2) is 65.8 Å². The number of hydrogen-bond donors (Lipinski definition) is 0. The van der Waals surface area contributed by atoms with Crippen LogP contribution in [-0.2, 0) is 0 Å². The quantitative estimate of drug-likeness (QED) is 0.581. The third-order valence-electron chi connectivity index (χ3n) is 6.28. The molecule has 7 nitrogen and oxygen atoms in total. The molecule has 0 amide bonds. The summed E-state index contributed by atoms with van der Waals surface area (Å²) in [5.41, 5.74) is 3.97. The summed E-state index contributed by atoms with van der Waals surface area (Å²) in [5.74, 6) is 3.84. The third-order valence-corrected chi connectivity index (χ3v) is 6.28. The molecule has 168 valence electrons. The van der Waals surface area contributed by atoms with E-state index in [2.05, 4.69) is 6.07 Å². The van der Waals surface area contributed by atoms with Crippen molar-refractivity contribution >= 4 is 5.71 Å². The van der Waals surface area contributed by atoms with Gasteiger partial charge >= 0.3 is 0 Å². The first-order valence-corrected chi connectivity index (χ1v) is 11.0. The Labute approximate surface area is 192 Å². The number of hydrogen-bond acceptors (Lipinski definition) is 7. The van der Waals surface area contributed by atoms with E-state index in [4.69, 9.17) is 28.8 Å². The van der Waals surface area contributed by atoms with Crippen molar-refractivity contribution < 1.29 is 23.7 Å². The number of para-hydroxylation sites is 1. The van der Waals surface area contributed by atoms with E-state index in [0.717, 1.165) is 57.6 Å². The molecule has 0 N–H and O–H groups in total. The summed E-state index contributed by atoms with van der Waals surface area (Å²) in [5, 5.41) is 7.08. The second-order valence-electron chi connectivity index (χ2n) is 8.12. The Hall–Kier alpha value is -3.87. The first-order valence-electron chi connectivity index (χ1n) is 11.0. The number of fused-ring (bicyclic) bond motifs is 4. The molecular formula is C26H24N2O5. The molecule has 7 heteroatoms. The zero-order valence-electron chi connectivity index (χ0n) is 18.5. The van der Waals surface area contributed by atoms with Crippen LogP contribution in [0, 0.1) is 0 Å². The fourth-order valence-electron chi connectivity index (χ4n) is 4.67. The highest BCUT2D eigenvalue weighted by Crippen LogP contribution is 2.49. The van der Waals surface area contributed by atoms with Crippen molar-refractivity contribution in [1.29, 1.82) is 0 Å². The molecule has 3 aromatic carbocycles. The third kappa shape index (κ3) is 3.31. The molecule has 0 radical (unpaired) electrons. The molecule has 3 aliphatic heterocycles. The number of rotatable bonds is 4. The lowest BCUT2D eigenvalue weighted by atomic mass is 9.95. The van der Waals surface area contributed by atoms with Crippen molar-refractivity contribution in [2.75, 3.05) is 27.4 Å². The first kappa shape index (κ1) is 19.8. The second kappa shape index (κ2) is 7.92. The van der Waals surface area contributed by atoms with E-state index in [0.29, 0.717) is 13.2 Å². The average Bonchev–Trinajstić information content (AvgIpc) is 3.33. The highest BCUT2D eigenvalue weighted by atomic mass is 16.6. The highest BCUT2D eigenvalue weighted by Gasteiger charge is 2.42. The van der Waals surface area contributed by atoms with Crippen molar-refractivity contribution in [3.8, 4) is 28.7 Å². The molecule has 0 saturated heterocycles. The maximum absolute atomic E-state index is 6.49. The number of benzene rings is 3. The Kier molecular flexibility index (Phi) is 4.75. The van der Waals surface area contributed by atoms with E-state index in [9.17, 15) is 0 Å². The maximum atomic E-state index is 6.49. The van der Waals surface area contributed by atoms with Gasteiger partial charge in [0, 0.05) is 17.5 Å². The number of nitrogens with zero attached hydrogens (tertiary/aromatic N) is 2. The Morgan fingerprint density at radius 1 is 0.848 bits per heavy atom.